The topological polar surface area (TPSA) is 113 Å². The summed E-state index contributed by atoms with van der Waals surface area (Å²) in [7, 11) is 0. The third kappa shape index (κ3) is 5.65. The first-order valence-electron chi connectivity index (χ1n) is 7.52. The average Bonchev–Trinajstić information content (AvgIpc) is 2.61. The number of halogens is 2. The van der Waals surface area contributed by atoms with E-state index >= 15 is 0 Å². The van der Waals surface area contributed by atoms with Gasteiger partial charge in [0.1, 0.15) is 0 Å². The van der Waals surface area contributed by atoms with E-state index in [0.717, 1.165) is 0 Å². The quantitative estimate of drug-likeness (QED) is 0.584. The van der Waals surface area contributed by atoms with Gasteiger partial charge in [-0.2, -0.15) is 0 Å². The number of carbonyl (C=O) groups is 3. The second-order valence-corrected chi connectivity index (χ2v) is 6.15. The van der Waals surface area contributed by atoms with Crippen molar-refractivity contribution in [2.24, 2.45) is 5.73 Å². The van der Waals surface area contributed by atoms with E-state index in [4.69, 9.17) is 28.9 Å². The van der Waals surface area contributed by atoms with Crippen LogP contribution in [-0.2, 0) is 4.79 Å². The van der Waals surface area contributed by atoms with Crippen LogP contribution in [0.5, 0.6) is 0 Å². The Labute approximate surface area is 159 Å². The summed E-state index contributed by atoms with van der Waals surface area (Å²) >= 11 is 11.8. The number of urea groups is 1. The van der Waals surface area contributed by atoms with Gasteiger partial charge in [0.05, 0.1) is 23.0 Å². The lowest BCUT2D eigenvalue weighted by Crippen LogP contribution is -2.44. The summed E-state index contributed by atoms with van der Waals surface area (Å²) in [6.45, 7) is 0. The smallest absolute Gasteiger partial charge is 0.312 e. The standard InChI is InChI=1S/C17H16Cl2N4O3/c18-11-6-7-13(19)12(8-11)16(25)23-22-15(24)9-14(21-17(20)26)10-4-2-1-3-5-10/h1-8,14H,9H2,(H,22,24)(H,23,25)(H3,20,21,26). The molecule has 2 aromatic carbocycles. The minimum absolute atomic E-state index is 0.120. The normalized spacial score (nSPS) is 11.3. The van der Waals surface area contributed by atoms with Gasteiger partial charge in [0.25, 0.3) is 5.91 Å². The highest BCUT2D eigenvalue weighted by atomic mass is 35.5. The van der Waals surface area contributed by atoms with Gasteiger partial charge in [-0.1, -0.05) is 53.5 Å². The van der Waals surface area contributed by atoms with E-state index in [0.29, 0.717) is 10.6 Å². The molecule has 4 amide bonds. The third-order valence-corrected chi connectivity index (χ3v) is 3.96. The number of amides is 4. The summed E-state index contributed by atoms with van der Waals surface area (Å²) < 4.78 is 0. The zero-order valence-corrected chi connectivity index (χ0v) is 15.0. The molecule has 9 heteroatoms. The summed E-state index contributed by atoms with van der Waals surface area (Å²) in [6, 6.07) is 11.8. The van der Waals surface area contributed by atoms with Crippen molar-refractivity contribution in [2.45, 2.75) is 12.5 Å². The van der Waals surface area contributed by atoms with Crippen LogP contribution in [0.15, 0.2) is 48.5 Å². The minimum Gasteiger partial charge on any atom is -0.352 e. The molecule has 2 rings (SSSR count). The molecular formula is C17H16Cl2N4O3. The van der Waals surface area contributed by atoms with Crippen molar-refractivity contribution in [3.63, 3.8) is 0 Å². The number of benzene rings is 2. The minimum atomic E-state index is -0.763. The van der Waals surface area contributed by atoms with Crippen LogP contribution in [0.1, 0.15) is 28.4 Å². The largest absolute Gasteiger partial charge is 0.352 e. The fourth-order valence-corrected chi connectivity index (χ4v) is 2.59. The van der Waals surface area contributed by atoms with E-state index in [9.17, 15) is 14.4 Å². The molecular weight excluding hydrogens is 379 g/mol. The monoisotopic (exact) mass is 394 g/mol. The number of hydrogen-bond acceptors (Lipinski definition) is 3. The van der Waals surface area contributed by atoms with Crippen molar-refractivity contribution in [3.05, 3.63) is 69.7 Å². The van der Waals surface area contributed by atoms with E-state index in [1.807, 2.05) is 0 Å². The molecule has 0 aromatic heterocycles. The maximum atomic E-state index is 12.1. The first-order chi connectivity index (χ1) is 12.4. The lowest BCUT2D eigenvalue weighted by Gasteiger charge is -2.18. The molecule has 5 N–H and O–H groups in total. The summed E-state index contributed by atoms with van der Waals surface area (Å²) in [5.74, 6) is -1.15. The van der Waals surface area contributed by atoms with Gasteiger partial charge in [-0.25, -0.2) is 4.79 Å². The molecule has 0 aliphatic heterocycles. The first kappa shape index (κ1) is 19.6. The average molecular weight is 395 g/mol. The number of hydrazine groups is 1. The third-order valence-electron chi connectivity index (χ3n) is 3.40. The molecule has 1 unspecified atom stereocenters. The van der Waals surface area contributed by atoms with Gasteiger partial charge < -0.3 is 11.1 Å². The van der Waals surface area contributed by atoms with Crippen LogP contribution in [0.4, 0.5) is 4.79 Å². The lowest BCUT2D eigenvalue weighted by atomic mass is 10.0. The molecule has 136 valence electrons. The number of hydrogen-bond donors (Lipinski definition) is 4. The van der Waals surface area contributed by atoms with Gasteiger partial charge in [0.2, 0.25) is 5.91 Å². The molecule has 0 spiro atoms. The van der Waals surface area contributed by atoms with Crippen molar-refractivity contribution in [1.29, 1.82) is 0 Å². The molecule has 26 heavy (non-hydrogen) atoms. The molecule has 0 saturated carbocycles. The molecule has 0 bridgehead atoms. The van der Waals surface area contributed by atoms with Gasteiger partial charge >= 0.3 is 6.03 Å². The summed E-state index contributed by atoms with van der Waals surface area (Å²) in [5, 5.41) is 3.02. The molecule has 0 aliphatic rings. The van der Waals surface area contributed by atoms with Crippen LogP contribution >= 0.6 is 23.2 Å². The van der Waals surface area contributed by atoms with Gasteiger partial charge in [-0.3, -0.25) is 20.4 Å². The van der Waals surface area contributed by atoms with Gasteiger partial charge in [0, 0.05) is 5.02 Å². The van der Waals surface area contributed by atoms with E-state index in [1.54, 1.807) is 36.4 Å². The highest BCUT2D eigenvalue weighted by Crippen LogP contribution is 2.20. The van der Waals surface area contributed by atoms with Crippen LogP contribution in [0.25, 0.3) is 0 Å². The van der Waals surface area contributed by atoms with E-state index in [-0.39, 0.29) is 17.0 Å². The molecule has 0 heterocycles. The summed E-state index contributed by atoms with van der Waals surface area (Å²) in [6.07, 6.45) is -0.128. The highest BCUT2D eigenvalue weighted by molar-refractivity contribution is 6.35. The molecule has 0 aliphatic carbocycles. The molecule has 1 atom stereocenters. The molecule has 7 nitrogen and oxygen atoms in total. The Balaban J connectivity index is 1.98. The Kier molecular flexibility index (Phi) is 6.82. The van der Waals surface area contributed by atoms with Gasteiger partial charge in [-0.15, -0.1) is 0 Å². The number of primary amides is 1. The van der Waals surface area contributed by atoms with E-state index in [2.05, 4.69) is 16.2 Å². The fourth-order valence-electron chi connectivity index (χ4n) is 2.21. The number of rotatable bonds is 5. The van der Waals surface area contributed by atoms with Crippen molar-refractivity contribution in [2.75, 3.05) is 0 Å². The zero-order chi connectivity index (χ0) is 19.1. The number of nitrogens with two attached hydrogens (primary N) is 1. The van der Waals surface area contributed by atoms with Crippen LogP contribution in [0, 0.1) is 0 Å². The summed E-state index contributed by atoms with van der Waals surface area (Å²) in [5.41, 5.74) is 10.5. The number of nitrogens with one attached hydrogen (secondary N) is 3. The first-order valence-corrected chi connectivity index (χ1v) is 8.27. The summed E-state index contributed by atoms with van der Waals surface area (Å²) in [4.78, 5) is 35.4. The van der Waals surface area contributed by atoms with Gasteiger partial charge in [0.15, 0.2) is 0 Å². The fraction of sp³-hybridized carbons (Fsp3) is 0.118. The second kappa shape index (κ2) is 9.07. The number of carbonyl (C=O) groups excluding carboxylic acids is 3. The molecule has 0 radical (unpaired) electrons. The van der Waals surface area contributed by atoms with Gasteiger partial charge in [-0.05, 0) is 23.8 Å². The van der Waals surface area contributed by atoms with E-state index < -0.39 is 23.9 Å². The Morgan fingerprint density at radius 3 is 2.35 bits per heavy atom. The Hall–Kier alpha value is -2.77. The maximum absolute atomic E-state index is 12.1. The molecule has 2 aromatic rings. The van der Waals surface area contributed by atoms with Crippen LogP contribution in [0.2, 0.25) is 10.0 Å². The predicted molar refractivity (Wildman–Crippen MR) is 98.6 cm³/mol. The highest BCUT2D eigenvalue weighted by Gasteiger charge is 2.18. The SMILES string of the molecule is NC(=O)NC(CC(=O)NNC(=O)c1cc(Cl)ccc1Cl)c1ccccc1. The van der Waals surface area contributed by atoms with Crippen LogP contribution in [-0.4, -0.2) is 17.8 Å². The van der Waals surface area contributed by atoms with Crippen molar-refractivity contribution >= 4 is 41.0 Å². The Morgan fingerprint density at radius 1 is 1.00 bits per heavy atom. The van der Waals surface area contributed by atoms with Crippen molar-refractivity contribution < 1.29 is 14.4 Å². The second-order valence-electron chi connectivity index (χ2n) is 5.30. The lowest BCUT2D eigenvalue weighted by molar-refractivity contribution is -0.122. The van der Waals surface area contributed by atoms with Crippen molar-refractivity contribution in [1.82, 2.24) is 16.2 Å². The van der Waals surface area contributed by atoms with E-state index in [1.165, 1.54) is 12.1 Å². The molecule has 0 saturated heterocycles. The van der Waals surface area contributed by atoms with Crippen LogP contribution in [0.3, 0.4) is 0 Å². The predicted octanol–water partition coefficient (Wildman–Crippen LogP) is 2.55. The van der Waals surface area contributed by atoms with Crippen molar-refractivity contribution in [3.8, 4) is 0 Å². The zero-order valence-electron chi connectivity index (χ0n) is 13.5. The Morgan fingerprint density at radius 2 is 1.69 bits per heavy atom. The van der Waals surface area contributed by atoms with Crippen LogP contribution < -0.4 is 21.9 Å². The Bertz CT molecular complexity index is 815. The maximum Gasteiger partial charge on any atom is 0.312 e. The molecule has 0 fully saturated rings.